The molecule has 0 spiro atoms. The van der Waals surface area contributed by atoms with E-state index in [9.17, 15) is 9.59 Å². The Morgan fingerprint density at radius 2 is 1.79 bits per heavy atom. The van der Waals surface area contributed by atoms with Crippen LogP contribution in [0.5, 0.6) is 0 Å². The monoisotopic (exact) mass is 197 g/mol. The Kier molecular flexibility index (Phi) is 1.84. The summed E-state index contributed by atoms with van der Waals surface area (Å²) in [5.74, 6) is 0.227. The molecule has 0 heterocycles. The van der Waals surface area contributed by atoms with Gasteiger partial charge in [0, 0.05) is 5.41 Å². The van der Waals surface area contributed by atoms with Crippen LogP contribution in [0.25, 0.3) is 0 Å². The number of primary amides is 1. The van der Waals surface area contributed by atoms with Gasteiger partial charge in [-0.25, -0.2) is 4.79 Å². The molecular formula is C10H15NO3. The molecule has 2 fully saturated rings. The van der Waals surface area contributed by atoms with Crippen LogP contribution in [0.15, 0.2) is 0 Å². The van der Waals surface area contributed by atoms with Gasteiger partial charge in [0.15, 0.2) is 0 Å². The molecule has 0 aromatic heterocycles. The quantitative estimate of drug-likeness (QED) is 0.726. The Hall–Kier alpha value is -1.06. The average molecular weight is 197 g/mol. The smallest absolute Gasteiger partial charge is 0.405 e. The molecule has 0 saturated heterocycles. The van der Waals surface area contributed by atoms with Gasteiger partial charge in [-0.1, -0.05) is 0 Å². The molecule has 2 saturated carbocycles. The van der Waals surface area contributed by atoms with Gasteiger partial charge in [-0.3, -0.25) is 4.79 Å². The number of rotatable bonds is 2. The van der Waals surface area contributed by atoms with Crippen molar-refractivity contribution < 1.29 is 14.3 Å². The number of nitrogens with two attached hydrogens (primary N) is 1. The molecule has 2 N–H and O–H groups in total. The zero-order chi connectivity index (χ0) is 10.4. The summed E-state index contributed by atoms with van der Waals surface area (Å²) in [6.45, 7) is 1.63. The number of carbonyl (C=O) groups excluding carboxylic acids is 2. The summed E-state index contributed by atoms with van der Waals surface area (Å²) < 4.78 is 5.15. The van der Waals surface area contributed by atoms with Crippen LogP contribution >= 0.6 is 0 Å². The van der Waals surface area contributed by atoms with Crippen LogP contribution in [-0.4, -0.2) is 17.5 Å². The van der Waals surface area contributed by atoms with Crippen LogP contribution in [-0.2, 0) is 9.53 Å². The lowest BCUT2D eigenvalue weighted by molar-refractivity contribution is -0.126. The molecule has 4 heteroatoms. The van der Waals surface area contributed by atoms with E-state index in [0.717, 1.165) is 25.7 Å². The molecule has 1 amide bonds. The SMILES string of the molecule is CC(=O)C12CCC(OC(N)=O)(CC1)C2. The number of carbonyl (C=O) groups is 2. The summed E-state index contributed by atoms with van der Waals surface area (Å²) >= 11 is 0. The summed E-state index contributed by atoms with van der Waals surface area (Å²) in [6.07, 6.45) is 3.22. The van der Waals surface area contributed by atoms with Crippen molar-refractivity contribution in [2.45, 2.75) is 44.6 Å². The molecule has 0 aromatic carbocycles. The summed E-state index contributed by atoms with van der Waals surface area (Å²) in [5.41, 5.74) is 4.39. The first-order chi connectivity index (χ1) is 6.48. The normalized spacial score (nSPS) is 39.8. The number of amides is 1. The van der Waals surface area contributed by atoms with Gasteiger partial charge < -0.3 is 10.5 Å². The fraction of sp³-hybridized carbons (Fsp3) is 0.800. The van der Waals surface area contributed by atoms with Crippen molar-refractivity contribution in [3.63, 3.8) is 0 Å². The first-order valence-corrected chi connectivity index (χ1v) is 4.98. The van der Waals surface area contributed by atoms with Crippen molar-refractivity contribution in [3.05, 3.63) is 0 Å². The molecule has 2 rings (SSSR count). The van der Waals surface area contributed by atoms with Crippen molar-refractivity contribution in [2.24, 2.45) is 11.1 Å². The van der Waals surface area contributed by atoms with Crippen molar-refractivity contribution in [3.8, 4) is 0 Å². The van der Waals surface area contributed by atoms with E-state index in [0.29, 0.717) is 6.42 Å². The summed E-state index contributed by atoms with van der Waals surface area (Å²) in [4.78, 5) is 22.2. The zero-order valence-corrected chi connectivity index (χ0v) is 8.34. The molecule has 4 nitrogen and oxygen atoms in total. The highest BCUT2D eigenvalue weighted by Gasteiger charge is 2.58. The number of fused-ring (bicyclic) bond motifs is 2. The third kappa shape index (κ3) is 1.21. The maximum absolute atomic E-state index is 11.5. The minimum atomic E-state index is -0.716. The number of ketones is 1. The average Bonchev–Trinajstić information content (AvgIpc) is 2.58. The Balaban J connectivity index is 2.16. The van der Waals surface area contributed by atoms with E-state index in [1.165, 1.54) is 0 Å². The van der Waals surface area contributed by atoms with Gasteiger partial charge in [0.05, 0.1) is 0 Å². The Morgan fingerprint density at radius 1 is 1.21 bits per heavy atom. The van der Waals surface area contributed by atoms with Gasteiger partial charge >= 0.3 is 6.09 Å². The molecule has 0 unspecified atom stereocenters. The highest BCUT2D eigenvalue weighted by atomic mass is 16.6. The van der Waals surface area contributed by atoms with Crippen molar-refractivity contribution in [1.82, 2.24) is 0 Å². The number of ether oxygens (including phenoxy) is 1. The molecule has 2 aliphatic rings. The molecule has 2 aliphatic carbocycles. The van der Waals surface area contributed by atoms with E-state index in [-0.39, 0.29) is 11.2 Å². The third-order valence-corrected chi connectivity index (χ3v) is 3.84. The number of hydrogen-bond acceptors (Lipinski definition) is 3. The largest absolute Gasteiger partial charge is 0.443 e. The van der Waals surface area contributed by atoms with Gasteiger partial charge in [0.1, 0.15) is 11.4 Å². The predicted molar refractivity (Wildman–Crippen MR) is 49.6 cm³/mol. The van der Waals surface area contributed by atoms with E-state index >= 15 is 0 Å². The summed E-state index contributed by atoms with van der Waals surface area (Å²) in [7, 11) is 0. The molecular weight excluding hydrogens is 182 g/mol. The first-order valence-electron chi connectivity index (χ1n) is 4.98. The molecule has 14 heavy (non-hydrogen) atoms. The van der Waals surface area contributed by atoms with E-state index in [1.54, 1.807) is 6.92 Å². The van der Waals surface area contributed by atoms with Crippen LogP contribution in [0.4, 0.5) is 4.79 Å². The molecule has 78 valence electrons. The van der Waals surface area contributed by atoms with Gasteiger partial charge in [-0.15, -0.1) is 0 Å². The molecule has 0 aromatic rings. The maximum atomic E-state index is 11.5. The van der Waals surface area contributed by atoms with Gasteiger partial charge in [-0.2, -0.15) is 0 Å². The lowest BCUT2D eigenvalue weighted by Crippen LogP contribution is -2.32. The molecule has 2 bridgehead atoms. The van der Waals surface area contributed by atoms with Crippen LogP contribution < -0.4 is 5.73 Å². The minimum absolute atomic E-state index is 0.213. The highest BCUT2D eigenvalue weighted by molar-refractivity contribution is 5.83. The zero-order valence-electron chi connectivity index (χ0n) is 8.34. The molecule has 0 atom stereocenters. The van der Waals surface area contributed by atoms with Crippen LogP contribution in [0, 0.1) is 5.41 Å². The fourth-order valence-corrected chi connectivity index (χ4v) is 2.98. The maximum Gasteiger partial charge on any atom is 0.405 e. The number of hydrogen-bond donors (Lipinski definition) is 1. The third-order valence-electron chi connectivity index (χ3n) is 3.84. The van der Waals surface area contributed by atoms with E-state index in [4.69, 9.17) is 10.5 Å². The summed E-state index contributed by atoms with van der Waals surface area (Å²) in [5, 5.41) is 0. The van der Waals surface area contributed by atoms with E-state index in [2.05, 4.69) is 0 Å². The Labute approximate surface area is 82.8 Å². The fourth-order valence-electron chi connectivity index (χ4n) is 2.98. The van der Waals surface area contributed by atoms with Crippen molar-refractivity contribution in [1.29, 1.82) is 0 Å². The Morgan fingerprint density at radius 3 is 2.14 bits per heavy atom. The van der Waals surface area contributed by atoms with Crippen LogP contribution in [0.2, 0.25) is 0 Å². The summed E-state index contributed by atoms with van der Waals surface area (Å²) in [6, 6.07) is 0. The van der Waals surface area contributed by atoms with Crippen LogP contribution in [0.3, 0.4) is 0 Å². The van der Waals surface area contributed by atoms with E-state index < -0.39 is 11.7 Å². The predicted octanol–water partition coefficient (Wildman–Crippen LogP) is 1.37. The highest BCUT2D eigenvalue weighted by Crippen LogP contribution is 2.58. The van der Waals surface area contributed by atoms with Gasteiger partial charge in [-0.05, 0) is 39.0 Å². The first kappa shape index (κ1) is 9.49. The van der Waals surface area contributed by atoms with Crippen molar-refractivity contribution >= 4 is 11.9 Å². The van der Waals surface area contributed by atoms with Gasteiger partial charge in [0.25, 0.3) is 0 Å². The van der Waals surface area contributed by atoms with E-state index in [1.807, 2.05) is 0 Å². The topological polar surface area (TPSA) is 69.4 Å². The standard InChI is InChI=1S/C10H15NO3/c1-7(12)9-2-4-10(6-9,5-3-9)14-8(11)13/h2-6H2,1H3,(H2,11,13). The van der Waals surface area contributed by atoms with Gasteiger partial charge in [0.2, 0.25) is 0 Å². The van der Waals surface area contributed by atoms with Crippen LogP contribution in [0.1, 0.15) is 39.0 Å². The number of Topliss-reactive ketones (excluding diaryl/α,β-unsaturated/α-hetero) is 1. The molecule has 0 radical (unpaired) electrons. The second-order valence-electron chi connectivity index (χ2n) is 4.62. The molecule has 0 aliphatic heterocycles. The lowest BCUT2D eigenvalue weighted by Gasteiger charge is -2.25. The minimum Gasteiger partial charge on any atom is -0.443 e. The second kappa shape index (κ2) is 2.72. The van der Waals surface area contributed by atoms with Crippen molar-refractivity contribution in [2.75, 3.05) is 0 Å². The lowest BCUT2D eigenvalue weighted by atomic mass is 9.81. The second-order valence-corrected chi connectivity index (χ2v) is 4.62. The Bertz CT molecular complexity index is 290.